The molecule has 0 aliphatic carbocycles. The van der Waals surface area contributed by atoms with Gasteiger partial charge in [0.05, 0.1) is 17.3 Å². The molecule has 0 spiro atoms. The van der Waals surface area contributed by atoms with Crippen LogP contribution in [0.4, 0.5) is 0 Å². The molecule has 1 saturated heterocycles. The molecule has 1 amide bonds. The third-order valence-corrected chi connectivity index (χ3v) is 5.68. The van der Waals surface area contributed by atoms with Crippen molar-refractivity contribution in [1.29, 1.82) is 0 Å². The summed E-state index contributed by atoms with van der Waals surface area (Å²) in [5.74, 6) is 1.67. The topological polar surface area (TPSA) is 45.9 Å². The van der Waals surface area contributed by atoms with E-state index in [1.807, 2.05) is 47.4 Å². The number of halogens is 1. The summed E-state index contributed by atoms with van der Waals surface area (Å²) < 4.78 is 12.1. The van der Waals surface area contributed by atoms with Gasteiger partial charge < -0.3 is 14.1 Å². The van der Waals surface area contributed by atoms with Crippen LogP contribution in [0.3, 0.4) is 0 Å². The lowest BCUT2D eigenvalue weighted by atomic mass is 10.1. The van der Waals surface area contributed by atoms with Gasteiger partial charge in [0.1, 0.15) is 11.5 Å². The molecule has 2 heterocycles. The first kappa shape index (κ1) is 18.1. The van der Waals surface area contributed by atoms with Gasteiger partial charge in [-0.2, -0.15) is 0 Å². The Kier molecular flexibility index (Phi) is 5.45. The predicted octanol–water partition coefficient (Wildman–Crippen LogP) is 3.92. The average Bonchev–Trinajstić information content (AvgIpc) is 3.21. The van der Waals surface area contributed by atoms with Crippen molar-refractivity contribution in [3.05, 3.63) is 65.0 Å². The molecule has 0 bridgehead atoms. The summed E-state index contributed by atoms with van der Waals surface area (Å²) in [6.45, 7) is 3.94. The number of furan rings is 1. The predicted molar refractivity (Wildman–Crippen MR) is 108 cm³/mol. The van der Waals surface area contributed by atoms with Crippen LogP contribution in [-0.4, -0.2) is 48.5 Å². The Morgan fingerprint density at radius 2 is 1.85 bits per heavy atom. The summed E-state index contributed by atoms with van der Waals surface area (Å²) in [5, 5.41) is 2.21. The average molecular weight is 429 g/mol. The number of carbonyl (C=O) groups excluding carboxylic acids is 1. The fourth-order valence-electron chi connectivity index (χ4n) is 3.33. The standard InChI is InChI=1S/C21H21BrN2O3/c22-21-18-6-2-1-4-16(18)7-8-19(21)27-15-20(25)24-11-9-23(10-12-24)14-17-5-3-13-26-17/h1-8,13H,9-12,14-15H2. The summed E-state index contributed by atoms with van der Waals surface area (Å²) in [6, 6.07) is 15.9. The Hall–Kier alpha value is -2.31. The molecule has 27 heavy (non-hydrogen) atoms. The van der Waals surface area contributed by atoms with Crippen molar-refractivity contribution in [2.45, 2.75) is 6.54 Å². The van der Waals surface area contributed by atoms with Gasteiger partial charge in [0.15, 0.2) is 6.61 Å². The van der Waals surface area contributed by atoms with Crippen molar-refractivity contribution >= 4 is 32.6 Å². The zero-order chi connectivity index (χ0) is 18.6. The number of fused-ring (bicyclic) bond motifs is 1. The summed E-state index contributed by atoms with van der Waals surface area (Å²) in [4.78, 5) is 16.7. The number of rotatable bonds is 5. The van der Waals surface area contributed by atoms with Crippen molar-refractivity contribution in [2.75, 3.05) is 32.8 Å². The van der Waals surface area contributed by atoms with Crippen LogP contribution in [0.1, 0.15) is 5.76 Å². The number of piperazine rings is 1. The van der Waals surface area contributed by atoms with Gasteiger partial charge in [0.2, 0.25) is 0 Å². The SMILES string of the molecule is O=C(COc1ccc2ccccc2c1Br)N1CCN(Cc2ccco2)CC1. The van der Waals surface area contributed by atoms with Crippen molar-refractivity contribution in [3.63, 3.8) is 0 Å². The maximum atomic E-state index is 12.5. The van der Waals surface area contributed by atoms with E-state index < -0.39 is 0 Å². The molecule has 3 aromatic rings. The van der Waals surface area contributed by atoms with Crippen LogP contribution in [-0.2, 0) is 11.3 Å². The van der Waals surface area contributed by atoms with Gasteiger partial charge in [-0.3, -0.25) is 9.69 Å². The molecule has 2 aromatic carbocycles. The van der Waals surface area contributed by atoms with E-state index in [-0.39, 0.29) is 12.5 Å². The number of hydrogen-bond donors (Lipinski definition) is 0. The Bertz CT molecular complexity index is 918. The number of benzene rings is 2. The number of carbonyl (C=O) groups is 1. The number of ether oxygens (including phenoxy) is 1. The van der Waals surface area contributed by atoms with E-state index in [1.54, 1.807) is 6.26 Å². The van der Waals surface area contributed by atoms with E-state index >= 15 is 0 Å². The van der Waals surface area contributed by atoms with E-state index in [9.17, 15) is 4.79 Å². The minimum atomic E-state index is 0.0210. The van der Waals surface area contributed by atoms with Gasteiger partial charge in [-0.05, 0) is 44.9 Å². The molecule has 0 saturated carbocycles. The fourth-order valence-corrected chi connectivity index (χ4v) is 3.94. The zero-order valence-corrected chi connectivity index (χ0v) is 16.5. The highest BCUT2D eigenvalue weighted by atomic mass is 79.9. The van der Waals surface area contributed by atoms with Crippen LogP contribution in [0.2, 0.25) is 0 Å². The fraction of sp³-hybridized carbons (Fsp3) is 0.286. The molecule has 5 nitrogen and oxygen atoms in total. The Labute approximate surface area is 166 Å². The van der Waals surface area contributed by atoms with E-state index in [0.29, 0.717) is 18.8 Å². The molecule has 140 valence electrons. The smallest absolute Gasteiger partial charge is 0.260 e. The first-order valence-electron chi connectivity index (χ1n) is 9.03. The second-order valence-electron chi connectivity index (χ2n) is 6.62. The van der Waals surface area contributed by atoms with Gasteiger partial charge in [-0.15, -0.1) is 0 Å². The molecule has 1 fully saturated rings. The van der Waals surface area contributed by atoms with E-state index in [1.165, 1.54) is 0 Å². The van der Waals surface area contributed by atoms with Gasteiger partial charge in [0, 0.05) is 26.2 Å². The first-order chi connectivity index (χ1) is 13.2. The van der Waals surface area contributed by atoms with Crippen molar-refractivity contribution in [3.8, 4) is 5.75 Å². The molecule has 4 rings (SSSR count). The second-order valence-corrected chi connectivity index (χ2v) is 7.42. The Morgan fingerprint density at radius 3 is 2.63 bits per heavy atom. The molecular formula is C21H21BrN2O3. The normalized spacial score (nSPS) is 15.2. The molecule has 1 aliphatic rings. The summed E-state index contributed by atoms with van der Waals surface area (Å²) in [6.07, 6.45) is 1.69. The molecule has 0 radical (unpaired) electrons. The molecule has 0 unspecified atom stereocenters. The van der Waals surface area contributed by atoms with Crippen LogP contribution in [0.25, 0.3) is 10.8 Å². The lowest BCUT2D eigenvalue weighted by Crippen LogP contribution is -2.49. The first-order valence-corrected chi connectivity index (χ1v) is 9.82. The van der Waals surface area contributed by atoms with E-state index in [4.69, 9.17) is 9.15 Å². The van der Waals surface area contributed by atoms with Gasteiger partial charge in [-0.1, -0.05) is 30.3 Å². The van der Waals surface area contributed by atoms with Crippen LogP contribution in [0, 0.1) is 0 Å². The molecule has 1 aliphatic heterocycles. The number of nitrogens with zero attached hydrogens (tertiary/aromatic N) is 2. The Balaban J connectivity index is 1.31. The summed E-state index contributed by atoms with van der Waals surface area (Å²) >= 11 is 3.60. The largest absolute Gasteiger partial charge is 0.483 e. The van der Waals surface area contributed by atoms with Crippen molar-refractivity contribution in [1.82, 2.24) is 9.80 Å². The lowest BCUT2D eigenvalue weighted by Gasteiger charge is -2.34. The van der Waals surface area contributed by atoms with Crippen LogP contribution in [0.5, 0.6) is 5.75 Å². The van der Waals surface area contributed by atoms with Crippen molar-refractivity contribution < 1.29 is 13.9 Å². The van der Waals surface area contributed by atoms with E-state index in [0.717, 1.165) is 40.6 Å². The maximum absolute atomic E-state index is 12.5. The highest BCUT2D eigenvalue weighted by molar-refractivity contribution is 9.10. The summed E-state index contributed by atoms with van der Waals surface area (Å²) in [5.41, 5.74) is 0. The van der Waals surface area contributed by atoms with Crippen LogP contribution in [0.15, 0.2) is 63.7 Å². The van der Waals surface area contributed by atoms with Gasteiger partial charge >= 0.3 is 0 Å². The minimum absolute atomic E-state index is 0.0210. The van der Waals surface area contributed by atoms with Crippen molar-refractivity contribution in [2.24, 2.45) is 0 Å². The summed E-state index contributed by atoms with van der Waals surface area (Å²) in [7, 11) is 0. The highest BCUT2D eigenvalue weighted by Crippen LogP contribution is 2.33. The Morgan fingerprint density at radius 1 is 1.04 bits per heavy atom. The quantitative estimate of drug-likeness (QED) is 0.617. The molecule has 1 aromatic heterocycles. The number of hydrogen-bond acceptors (Lipinski definition) is 4. The van der Waals surface area contributed by atoms with Crippen LogP contribution >= 0.6 is 15.9 Å². The van der Waals surface area contributed by atoms with Gasteiger partial charge in [0.25, 0.3) is 5.91 Å². The monoisotopic (exact) mass is 428 g/mol. The molecule has 6 heteroatoms. The third kappa shape index (κ3) is 4.17. The third-order valence-electron chi connectivity index (χ3n) is 4.86. The minimum Gasteiger partial charge on any atom is -0.483 e. The van der Waals surface area contributed by atoms with E-state index in [2.05, 4.69) is 26.9 Å². The maximum Gasteiger partial charge on any atom is 0.260 e. The highest BCUT2D eigenvalue weighted by Gasteiger charge is 2.22. The van der Waals surface area contributed by atoms with Crippen LogP contribution < -0.4 is 4.74 Å². The van der Waals surface area contributed by atoms with Gasteiger partial charge in [-0.25, -0.2) is 0 Å². The second kappa shape index (κ2) is 8.15. The molecule has 0 atom stereocenters. The molecular weight excluding hydrogens is 408 g/mol. The zero-order valence-electron chi connectivity index (χ0n) is 14.9. The number of amides is 1. The lowest BCUT2D eigenvalue weighted by molar-refractivity contribution is -0.135. The molecule has 0 N–H and O–H groups in total.